The molecule has 2 aromatic heterocycles. The lowest BCUT2D eigenvalue weighted by molar-refractivity contribution is -0.924. The Morgan fingerprint density at radius 2 is 1.76 bits per heavy atom. The molecule has 6 nitrogen and oxygen atoms in total. The van der Waals surface area contributed by atoms with Gasteiger partial charge in [0.2, 0.25) is 4.77 Å². The number of nitrogens with zero attached hydrogens (tertiary/aromatic N) is 4. The molecule has 0 radical (unpaired) electrons. The Bertz CT molecular complexity index is 1000. The number of piperazine rings is 1. The third kappa shape index (κ3) is 4.11. The molecule has 5 rings (SSSR count). The Kier molecular flexibility index (Phi) is 5.16. The largest absolute Gasteiger partial charge is 0.360 e. The number of anilines is 1. The Morgan fingerprint density at radius 3 is 2.45 bits per heavy atom. The standard InChI is InChI=1S/C22H26N6S/c29-22-27(16-18-4-2-1-3-5-18)21(19-6-7-19)24-28(22)17-25-12-14-26(15-13-25)20-8-10-23-11-9-20/h1-5,8-11,19H,6-7,12-17H2/p+2. The van der Waals surface area contributed by atoms with Crippen molar-refractivity contribution in [2.24, 2.45) is 0 Å². The molecule has 150 valence electrons. The molecule has 3 aromatic rings. The second kappa shape index (κ2) is 8.08. The molecule has 0 amide bonds. The van der Waals surface area contributed by atoms with Crippen molar-refractivity contribution < 1.29 is 9.88 Å². The number of rotatable bonds is 6. The van der Waals surface area contributed by atoms with Crippen molar-refractivity contribution in [3.8, 4) is 0 Å². The molecular weight excluding hydrogens is 380 g/mol. The van der Waals surface area contributed by atoms with E-state index in [9.17, 15) is 0 Å². The van der Waals surface area contributed by atoms with Crippen molar-refractivity contribution in [2.75, 3.05) is 31.1 Å². The number of quaternary nitrogens is 1. The van der Waals surface area contributed by atoms with Crippen LogP contribution in [0, 0.1) is 4.77 Å². The van der Waals surface area contributed by atoms with Gasteiger partial charge in [-0.3, -0.25) is 4.57 Å². The van der Waals surface area contributed by atoms with Crippen LogP contribution < -0.4 is 14.8 Å². The van der Waals surface area contributed by atoms with Crippen molar-refractivity contribution in [3.63, 3.8) is 0 Å². The van der Waals surface area contributed by atoms with Gasteiger partial charge in [-0.2, -0.15) is 9.78 Å². The fourth-order valence-electron chi connectivity index (χ4n) is 4.16. The van der Waals surface area contributed by atoms with E-state index in [1.807, 2.05) is 12.4 Å². The molecule has 2 N–H and O–H groups in total. The summed E-state index contributed by atoms with van der Waals surface area (Å²) in [6.45, 7) is 6.01. The van der Waals surface area contributed by atoms with Crippen LogP contribution in [0.4, 0.5) is 5.69 Å². The highest BCUT2D eigenvalue weighted by Gasteiger charge is 2.31. The third-order valence-electron chi connectivity index (χ3n) is 5.99. The zero-order valence-electron chi connectivity index (χ0n) is 16.6. The lowest BCUT2D eigenvalue weighted by Gasteiger charge is -2.33. The smallest absolute Gasteiger partial charge is 0.203 e. The van der Waals surface area contributed by atoms with Crippen LogP contribution in [0.3, 0.4) is 0 Å². The maximum atomic E-state index is 5.86. The Balaban J connectivity index is 1.29. The van der Waals surface area contributed by atoms with Crippen LogP contribution in [0.15, 0.2) is 54.9 Å². The molecule has 1 saturated carbocycles. The molecule has 3 heterocycles. The van der Waals surface area contributed by atoms with E-state index in [0.29, 0.717) is 5.92 Å². The minimum absolute atomic E-state index is 0.586. The lowest BCUT2D eigenvalue weighted by atomic mass is 10.2. The van der Waals surface area contributed by atoms with Gasteiger partial charge < -0.3 is 9.80 Å². The normalized spacial score (nSPS) is 17.6. The minimum Gasteiger partial charge on any atom is -0.360 e. The zero-order valence-corrected chi connectivity index (χ0v) is 17.4. The molecule has 1 aliphatic carbocycles. The van der Waals surface area contributed by atoms with E-state index in [-0.39, 0.29) is 0 Å². The molecule has 0 atom stereocenters. The molecule has 1 saturated heterocycles. The van der Waals surface area contributed by atoms with E-state index < -0.39 is 0 Å². The summed E-state index contributed by atoms with van der Waals surface area (Å²) in [4.78, 5) is 7.11. The van der Waals surface area contributed by atoms with Gasteiger partial charge in [-0.15, -0.1) is 0 Å². The number of hydrogen-bond donors (Lipinski definition) is 1. The zero-order chi connectivity index (χ0) is 19.6. The SMILES string of the molecule is S=c1n(C[NH+]2CCN(c3cc[nH+]cc3)CC2)nc(C2CC2)n1Cc1ccccc1. The molecule has 7 heteroatoms. The van der Waals surface area contributed by atoms with E-state index in [1.165, 1.54) is 29.9 Å². The fourth-order valence-corrected chi connectivity index (χ4v) is 4.42. The first-order chi connectivity index (χ1) is 14.3. The maximum absolute atomic E-state index is 5.86. The van der Waals surface area contributed by atoms with Crippen LogP contribution in [0.5, 0.6) is 0 Å². The van der Waals surface area contributed by atoms with Gasteiger partial charge in [-0.1, -0.05) is 30.3 Å². The van der Waals surface area contributed by atoms with Crippen LogP contribution in [-0.4, -0.2) is 40.5 Å². The number of H-pyrrole nitrogens is 1. The van der Waals surface area contributed by atoms with Gasteiger partial charge in [0.25, 0.3) is 0 Å². The fraction of sp³-hybridized carbons (Fsp3) is 0.409. The molecule has 29 heavy (non-hydrogen) atoms. The van der Waals surface area contributed by atoms with Crippen LogP contribution in [0.2, 0.25) is 0 Å². The van der Waals surface area contributed by atoms with E-state index in [0.717, 1.165) is 44.2 Å². The van der Waals surface area contributed by atoms with Gasteiger partial charge in [0.05, 0.1) is 32.7 Å². The molecule has 1 aliphatic heterocycles. The monoisotopic (exact) mass is 408 g/mol. The first-order valence-corrected chi connectivity index (χ1v) is 10.9. The van der Waals surface area contributed by atoms with Crippen molar-refractivity contribution in [1.82, 2.24) is 14.3 Å². The number of nitrogens with one attached hydrogen (secondary N) is 2. The molecule has 0 spiro atoms. The van der Waals surface area contributed by atoms with Crippen LogP contribution in [-0.2, 0) is 13.2 Å². The molecule has 2 aliphatic rings. The van der Waals surface area contributed by atoms with Crippen LogP contribution in [0.25, 0.3) is 0 Å². The lowest BCUT2D eigenvalue weighted by Crippen LogP contribution is -3.14. The summed E-state index contributed by atoms with van der Waals surface area (Å²) in [6.07, 6.45) is 6.46. The number of aromatic amines is 1. The van der Waals surface area contributed by atoms with E-state index >= 15 is 0 Å². The highest BCUT2D eigenvalue weighted by molar-refractivity contribution is 7.71. The van der Waals surface area contributed by atoms with Crippen LogP contribution >= 0.6 is 12.2 Å². The summed E-state index contributed by atoms with van der Waals surface area (Å²) in [5.74, 6) is 1.76. The number of hydrogen-bond acceptors (Lipinski definition) is 3. The van der Waals surface area contributed by atoms with Gasteiger partial charge in [-0.25, -0.2) is 4.98 Å². The van der Waals surface area contributed by atoms with Crippen molar-refractivity contribution in [1.29, 1.82) is 0 Å². The Labute approximate surface area is 176 Å². The van der Waals surface area contributed by atoms with Gasteiger partial charge in [-0.05, 0) is 30.6 Å². The molecule has 0 bridgehead atoms. The van der Waals surface area contributed by atoms with Crippen molar-refractivity contribution in [2.45, 2.75) is 32.0 Å². The van der Waals surface area contributed by atoms with E-state index in [2.05, 4.69) is 61.6 Å². The predicted octanol–water partition coefficient (Wildman–Crippen LogP) is 1.52. The predicted molar refractivity (Wildman–Crippen MR) is 114 cm³/mol. The second-order valence-electron chi connectivity index (χ2n) is 8.14. The topological polar surface area (TPSA) is 44.6 Å². The van der Waals surface area contributed by atoms with Gasteiger partial charge in [0.15, 0.2) is 19.1 Å². The molecule has 1 aromatic carbocycles. The quantitative estimate of drug-likeness (QED) is 0.629. The summed E-state index contributed by atoms with van der Waals surface area (Å²) < 4.78 is 5.21. The van der Waals surface area contributed by atoms with Crippen molar-refractivity contribution in [3.05, 3.63) is 71.0 Å². The van der Waals surface area contributed by atoms with Gasteiger partial charge >= 0.3 is 0 Å². The maximum Gasteiger partial charge on any atom is 0.203 e. The van der Waals surface area contributed by atoms with Crippen LogP contribution in [0.1, 0.15) is 30.1 Å². The highest BCUT2D eigenvalue weighted by Crippen LogP contribution is 2.39. The average Bonchev–Trinajstić information content (AvgIpc) is 3.58. The highest BCUT2D eigenvalue weighted by atomic mass is 32.1. The third-order valence-corrected chi connectivity index (χ3v) is 6.42. The van der Waals surface area contributed by atoms with Crippen molar-refractivity contribution >= 4 is 17.9 Å². The molecule has 2 fully saturated rings. The number of pyridine rings is 1. The first kappa shape index (κ1) is 18.5. The number of aromatic nitrogens is 4. The Morgan fingerprint density at radius 1 is 1.03 bits per heavy atom. The minimum atomic E-state index is 0.586. The second-order valence-corrected chi connectivity index (χ2v) is 8.50. The van der Waals surface area contributed by atoms with E-state index in [4.69, 9.17) is 17.3 Å². The van der Waals surface area contributed by atoms with Gasteiger partial charge in [0.1, 0.15) is 5.82 Å². The Hall–Kier alpha value is -2.51. The summed E-state index contributed by atoms with van der Waals surface area (Å²) in [6, 6.07) is 14.9. The first-order valence-electron chi connectivity index (χ1n) is 10.5. The van der Waals surface area contributed by atoms with E-state index in [1.54, 1.807) is 4.90 Å². The van der Waals surface area contributed by atoms with Gasteiger partial charge in [0, 0.05) is 23.7 Å². The summed E-state index contributed by atoms with van der Waals surface area (Å²) >= 11 is 5.86. The molecule has 0 unspecified atom stereocenters. The summed E-state index contributed by atoms with van der Waals surface area (Å²) in [7, 11) is 0. The summed E-state index contributed by atoms with van der Waals surface area (Å²) in [5, 5.41) is 4.98. The average molecular weight is 409 g/mol. The summed E-state index contributed by atoms with van der Waals surface area (Å²) in [5.41, 5.74) is 2.58. The number of benzene rings is 1. The molecular formula is C22H28N6S+2.